The molecule has 1 saturated heterocycles. The van der Waals surface area contributed by atoms with E-state index in [0.29, 0.717) is 12.1 Å². The first-order valence-electron chi connectivity index (χ1n) is 11.2. The third kappa shape index (κ3) is 5.02. The second-order valence-corrected chi connectivity index (χ2v) is 8.48. The van der Waals surface area contributed by atoms with E-state index in [4.69, 9.17) is 4.42 Å². The molecule has 0 spiro atoms. The van der Waals surface area contributed by atoms with Gasteiger partial charge in [-0.25, -0.2) is 4.68 Å². The van der Waals surface area contributed by atoms with Crippen LogP contribution in [0.1, 0.15) is 23.4 Å². The summed E-state index contributed by atoms with van der Waals surface area (Å²) in [5, 5.41) is 15.8. The lowest BCUT2D eigenvalue weighted by Crippen LogP contribution is -2.43. The lowest BCUT2D eigenvalue weighted by atomic mass is 10.0. The van der Waals surface area contributed by atoms with Crippen LogP contribution in [0, 0.1) is 0 Å². The average Bonchev–Trinajstić information content (AvgIpc) is 3.52. The highest BCUT2D eigenvalue weighted by atomic mass is 19.3. The molecular weight excluding hydrogens is 440 g/mol. The molecule has 0 saturated carbocycles. The van der Waals surface area contributed by atoms with Crippen molar-refractivity contribution in [2.45, 2.75) is 19.5 Å². The fourth-order valence-corrected chi connectivity index (χ4v) is 4.03. The number of nitrogens with zero attached hydrogens (tertiary/aromatic N) is 7. The number of piperazine rings is 1. The van der Waals surface area contributed by atoms with Gasteiger partial charge in [0.25, 0.3) is 5.89 Å². The topological polar surface area (TPSA) is 76.1 Å². The van der Waals surface area contributed by atoms with Crippen LogP contribution in [-0.4, -0.2) is 68.2 Å². The largest absolute Gasteiger partial charge is 0.415 e. The molecule has 5 rings (SSSR count). The Balaban J connectivity index is 1.27. The van der Waals surface area contributed by atoms with Crippen molar-refractivity contribution in [2.24, 2.45) is 0 Å². The van der Waals surface area contributed by atoms with Gasteiger partial charge < -0.3 is 9.32 Å². The number of rotatable bonds is 7. The molecule has 0 bridgehead atoms. The van der Waals surface area contributed by atoms with Gasteiger partial charge in [-0.15, -0.1) is 15.3 Å². The number of alkyl halides is 2. The van der Waals surface area contributed by atoms with Gasteiger partial charge in [0, 0.05) is 43.9 Å². The predicted molar refractivity (Wildman–Crippen MR) is 122 cm³/mol. The van der Waals surface area contributed by atoms with Gasteiger partial charge in [0.2, 0.25) is 5.89 Å². The first-order valence-corrected chi connectivity index (χ1v) is 11.2. The zero-order valence-electron chi connectivity index (χ0n) is 18.8. The molecule has 1 aliphatic heterocycles. The molecule has 0 unspecified atom stereocenters. The smallest absolute Gasteiger partial charge is 0.314 e. The molecule has 2 aromatic carbocycles. The third-order valence-electron chi connectivity index (χ3n) is 5.99. The highest BCUT2D eigenvalue weighted by Gasteiger charge is 2.18. The number of benzene rings is 2. The Labute approximate surface area is 195 Å². The summed E-state index contributed by atoms with van der Waals surface area (Å²) in [6.45, 7) is 5.69. The van der Waals surface area contributed by atoms with Crippen LogP contribution in [0.15, 0.2) is 59.1 Å². The van der Waals surface area contributed by atoms with Crippen LogP contribution in [-0.2, 0) is 13.1 Å². The fourth-order valence-electron chi connectivity index (χ4n) is 4.03. The zero-order chi connectivity index (χ0) is 23.5. The maximum absolute atomic E-state index is 12.7. The third-order valence-corrected chi connectivity index (χ3v) is 5.99. The molecule has 1 aliphatic rings. The summed E-state index contributed by atoms with van der Waals surface area (Å²) in [7, 11) is 2.16. The second kappa shape index (κ2) is 9.78. The molecule has 10 heteroatoms. The number of hydrogen-bond donors (Lipinski definition) is 0. The van der Waals surface area contributed by atoms with Crippen LogP contribution < -0.4 is 0 Å². The van der Waals surface area contributed by atoms with Gasteiger partial charge in [-0.1, -0.05) is 41.6 Å². The van der Waals surface area contributed by atoms with E-state index < -0.39 is 12.3 Å². The fraction of sp³-hybridized carbons (Fsp3) is 0.333. The average molecular weight is 466 g/mol. The molecule has 4 aromatic rings. The molecule has 8 nitrogen and oxygen atoms in total. The van der Waals surface area contributed by atoms with E-state index in [1.165, 1.54) is 5.56 Å². The molecule has 1 fully saturated rings. The standard InChI is InChI=1S/C24H25F2N7O/c1-31-10-12-32(13-11-31)15-19-4-2-3-5-20(19)21-16-33(30-27-21)14-17-6-8-18(9-7-17)23-28-29-24(34-23)22(25)26/h2-9,16,22H,10-15H2,1H3. The number of likely N-dealkylation sites (N-methyl/N-ethyl adjacent to an activating group) is 1. The van der Waals surface area contributed by atoms with Gasteiger partial charge in [0.15, 0.2) is 0 Å². The Morgan fingerprint density at radius 2 is 1.68 bits per heavy atom. The molecule has 176 valence electrons. The molecule has 0 N–H and O–H groups in total. The molecule has 2 aromatic heterocycles. The van der Waals surface area contributed by atoms with E-state index >= 15 is 0 Å². The summed E-state index contributed by atoms with van der Waals surface area (Å²) < 4.78 is 32.1. The Morgan fingerprint density at radius 3 is 2.41 bits per heavy atom. The van der Waals surface area contributed by atoms with Gasteiger partial charge in [0.05, 0.1) is 12.7 Å². The van der Waals surface area contributed by atoms with Crippen molar-refractivity contribution in [3.63, 3.8) is 0 Å². The van der Waals surface area contributed by atoms with Crippen molar-refractivity contribution in [3.8, 4) is 22.7 Å². The van der Waals surface area contributed by atoms with E-state index in [2.05, 4.69) is 55.6 Å². The number of aromatic nitrogens is 5. The Hall–Kier alpha value is -3.50. The van der Waals surface area contributed by atoms with E-state index in [0.717, 1.165) is 49.5 Å². The highest BCUT2D eigenvalue weighted by molar-refractivity contribution is 5.62. The Bertz CT molecular complexity index is 1230. The zero-order valence-corrected chi connectivity index (χ0v) is 18.8. The van der Waals surface area contributed by atoms with E-state index in [1.807, 2.05) is 24.4 Å². The normalized spacial score (nSPS) is 15.3. The minimum atomic E-state index is -2.78. The van der Waals surface area contributed by atoms with Crippen molar-refractivity contribution in [1.82, 2.24) is 35.0 Å². The van der Waals surface area contributed by atoms with Crippen LogP contribution >= 0.6 is 0 Å². The van der Waals surface area contributed by atoms with Crippen LogP contribution in [0.3, 0.4) is 0 Å². The van der Waals surface area contributed by atoms with Crippen LogP contribution in [0.5, 0.6) is 0 Å². The lowest BCUT2D eigenvalue weighted by molar-refractivity contribution is 0.116. The first-order chi connectivity index (χ1) is 16.5. The van der Waals surface area contributed by atoms with Crippen LogP contribution in [0.2, 0.25) is 0 Å². The van der Waals surface area contributed by atoms with Gasteiger partial charge in [0.1, 0.15) is 5.69 Å². The van der Waals surface area contributed by atoms with E-state index in [9.17, 15) is 8.78 Å². The Morgan fingerprint density at radius 1 is 0.912 bits per heavy atom. The van der Waals surface area contributed by atoms with Gasteiger partial charge in [-0.2, -0.15) is 8.78 Å². The minimum Gasteiger partial charge on any atom is -0.415 e. The molecular formula is C24H25F2N7O. The molecule has 0 radical (unpaired) electrons. The maximum atomic E-state index is 12.7. The molecule has 3 heterocycles. The van der Waals surface area contributed by atoms with Crippen molar-refractivity contribution >= 4 is 0 Å². The van der Waals surface area contributed by atoms with Crippen LogP contribution in [0.25, 0.3) is 22.7 Å². The quantitative estimate of drug-likeness (QED) is 0.412. The summed E-state index contributed by atoms with van der Waals surface area (Å²) in [5.41, 5.74) is 4.74. The first kappa shape index (κ1) is 22.3. The van der Waals surface area contributed by atoms with Gasteiger partial charge in [-0.3, -0.25) is 4.90 Å². The molecule has 0 amide bonds. The maximum Gasteiger partial charge on any atom is 0.314 e. The van der Waals surface area contributed by atoms with Crippen molar-refractivity contribution in [1.29, 1.82) is 0 Å². The Kier molecular flexibility index (Phi) is 6.41. The highest BCUT2D eigenvalue weighted by Crippen LogP contribution is 2.25. The summed E-state index contributed by atoms with van der Waals surface area (Å²) in [6.07, 6.45) is -0.836. The minimum absolute atomic E-state index is 0.0712. The second-order valence-electron chi connectivity index (χ2n) is 8.48. The predicted octanol–water partition coefficient (Wildman–Crippen LogP) is 3.73. The van der Waals surface area contributed by atoms with Crippen molar-refractivity contribution in [2.75, 3.05) is 33.2 Å². The molecule has 0 aliphatic carbocycles. The molecule has 34 heavy (non-hydrogen) atoms. The van der Waals surface area contributed by atoms with Crippen LogP contribution in [0.4, 0.5) is 8.78 Å². The van der Waals surface area contributed by atoms with Gasteiger partial charge >= 0.3 is 6.43 Å². The lowest BCUT2D eigenvalue weighted by Gasteiger charge is -2.32. The number of hydrogen-bond acceptors (Lipinski definition) is 7. The number of halogens is 2. The monoisotopic (exact) mass is 465 g/mol. The van der Waals surface area contributed by atoms with Gasteiger partial charge in [-0.05, 0) is 30.3 Å². The SMILES string of the molecule is CN1CCN(Cc2ccccc2-c2cn(Cc3ccc(-c4nnc(C(F)F)o4)cc3)nn2)CC1. The van der Waals surface area contributed by atoms with E-state index in [-0.39, 0.29) is 5.89 Å². The summed E-state index contributed by atoms with van der Waals surface area (Å²) in [5.74, 6) is -0.607. The summed E-state index contributed by atoms with van der Waals surface area (Å²) >= 11 is 0. The van der Waals surface area contributed by atoms with E-state index in [1.54, 1.807) is 16.8 Å². The molecule has 0 atom stereocenters. The summed E-state index contributed by atoms with van der Waals surface area (Å²) in [6, 6.07) is 15.6. The summed E-state index contributed by atoms with van der Waals surface area (Å²) in [4.78, 5) is 4.82. The van der Waals surface area contributed by atoms with Crippen molar-refractivity contribution in [3.05, 3.63) is 71.7 Å². The van der Waals surface area contributed by atoms with Crippen molar-refractivity contribution < 1.29 is 13.2 Å².